The van der Waals surface area contributed by atoms with Gasteiger partial charge in [-0.2, -0.15) is 0 Å². The van der Waals surface area contributed by atoms with E-state index >= 15 is 0 Å². The summed E-state index contributed by atoms with van der Waals surface area (Å²) in [5, 5.41) is 6.01. The number of hydrogen-bond donors (Lipinski definition) is 2. The molecule has 3 rings (SSSR count). The minimum absolute atomic E-state index is 0.0646. The van der Waals surface area contributed by atoms with E-state index in [-0.39, 0.29) is 24.4 Å². The number of nitrogens with one attached hydrogen (secondary N) is 2. The molecule has 176 valence electrons. The molecule has 1 saturated heterocycles. The van der Waals surface area contributed by atoms with Gasteiger partial charge >= 0.3 is 6.03 Å². The van der Waals surface area contributed by atoms with Gasteiger partial charge in [-0.25, -0.2) is 4.79 Å². The van der Waals surface area contributed by atoms with Gasteiger partial charge in [0.05, 0.1) is 18.7 Å². The van der Waals surface area contributed by atoms with Crippen molar-refractivity contribution in [1.29, 1.82) is 0 Å². The second-order valence-electron chi connectivity index (χ2n) is 9.58. The molecule has 1 aromatic rings. The van der Waals surface area contributed by atoms with Gasteiger partial charge in [0.2, 0.25) is 5.91 Å². The van der Waals surface area contributed by atoms with Crippen LogP contribution in [0.15, 0.2) is 12.1 Å². The number of methoxy groups -OCH3 is 1. The van der Waals surface area contributed by atoms with E-state index < -0.39 is 17.5 Å². The molecule has 32 heavy (non-hydrogen) atoms. The van der Waals surface area contributed by atoms with Crippen LogP contribution in [0, 0.1) is 11.3 Å². The van der Waals surface area contributed by atoms with Crippen LogP contribution < -0.4 is 20.1 Å². The Morgan fingerprint density at radius 2 is 2.03 bits per heavy atom. The van der Waals surface area contributed by atoms with Crippen LogP contribution in [0.1, 0.15) is 52.5 Å². The summed E-state index contributed by atoms with van der Waals surface area (Å²) in [6.07, 6.45) is 2.15. The van der Waals surface area contributed by atoms with Crippen molar-refractivity contribution < 1.29 is 23.9 Å². The number of benzene rings is 1. The maximum atomic E-state index is 13.2. The third kappa shape index (κ3) is 4.95. The predicted molar refractivity (Wildman–Crippen MR) is 121 cm³/mol. The van der Waals surface area contributed by atoms with E-state index in [0.29, 0.717) is 47.5 Å². The Labute approximate surface area is 193 Å². The van der Waals surface area contributed by atoms with E-state index in [0.717, 1.165) is 11.3 Å². The van der Waals surface area contributed by atoms with Gasteiger partial charge in [0.25, 0.3) is 5.91 Å². The number of imide groups is 1. The molecule has 1 aliphatic heterocycles. The maximum absolute atomic E-state index is 13.2. The van der Waals surface area contributed by atoms with Gasteiger partial charge in [-0.15, -0.1) is 0 Å². The molecule has 0 bridgehead atoms. The normalized spacial score (nSPS) is 24.4. The summed E-state index contributed by atoms with van der Waals surface area (Å²) in [6, 6.07) is 2.90. The van der Waals surface area contributed by atoms with E-state index in [1.165, 1.54) is 7.11 Å². The number of carbonyl (C=O) groups excluding carboxylic acids is 3. The molecule has 1 aliphatic carbocycles. The van der Waals surface area contributed by atoms with Crippen molar-refractivity contribution in [2.24, 2.45) is 11.3 Å². The summed E-state index contributed by atoms with van der Waals surface area (Å²) in [6.45, 7) is 8.43. The molecule has 9 heteroatoms. The monoisotopic (exact) mass is 465 g/mol. The van der Waals surface area contributed by atoms with Gasteiger partial charge in [0, 0.05) is 6.54 Å². The number of carbonyl (C=O) groups is 3. The van der Waals surface area contributed by atoms with Crippen molar-refractivity contribution in [2.75, 3.05) is 20.3 Å². The number of amides is 4. The third-order valence-electron chi connectivity index (χ3n) is 5.99. The minimum atomic E-state index is -0.922. The summed E-state index contributed by atoms with van der Waals surface area (Å²) in [5.74, 6) is 0.464. The van der Waals surface area contributed by atoms with Gasteiger partial charge in [-0.3, -0.25) is 14.5 Å². The summed E-state index contributed by atoms with van der Waals surface area (Å²) in [4.78, 5) is 39.3. The van der Waals surface area contributed by atoms with Crippen LogP contribution in [0.2, 0.25) is 5.02 Å². The zero-order chi connectivity index (χ0) is 23.7. The van der Waals surface area contributed by atoms with Gasteiger partial charge in [0.1, 0.15) is 12.1 Å². The highest BCUT2D eigenvalue weighted by atomic mass is 35.5. The highest BCUT2D eigenvalue weighted by Gasteiger charge is 2.56. The van der Waals surface area contributed by atoms with E-state index in [9.17, 15) is 14.4 Å². The van der Waals surface area contributed by atoms with Crippen molar-refractivity contribution >= 4 is 29.4 Å². The van der Waals surface area contributed by atoms with Crippen molar-refractivity contribution in [1.82, 2.24) is 15.5 Å². The molecular formula is C23H32ClN3O5. The van der Waals surface area contributed by atoms with Crippen molar-refractivity contribution in [3.63, 3.8) is 0 Å². The number of nitrogens with zero attached hydrogens (tertiary/aromatic N) is 1. The van der Waals surface area contributed by atoms with Gasteiger partial charge < -0.3 is 20.1 Å². The van der Waals surface area contributed by atoms with Crippen LogP contribution in [0.3, 0.4) is 0 Å². The first-order chi connectivity index (χ1) is 15.0. The minimum Gasteiger partial charge on any atom is -0.493 e. The molecule has 2 unspecified atom stereocenters. The lowest BCUT2D eigenvalue weighted by Gasteiger charge is -2.43. The first-order valence-corrected chi connectivity index (χ1v) is 11.3. The fourth-order valence-corrected chi connectivity index (χ4v) is 5.50. The lowest BCUT2D eigenvalue weighted by atomic mass is 9.64. The van der Waals surface area contributed by atoms with E-state index in [4.69, 9.17) is 21.1 Å². The Hall–Kier alpha value is -2.48. The van der Waals surface area contributed by atoms with Crippen LogP contribution in [0.25, 0.3) is 0 Å². The molecule has 2 N–H and O–H groups in total. The number of ether oxygens (including phenoxy) is 2. The lowest BCUT2D eigenvalue weighted by Crippen LogP contribution is -2.54. The van der Waals surface area contributed by atoms with Crippen molar-refractivity contribution in [3.05, 3.63) is 22.7 Å². The average Bonchev–Trinajstić information content (AvgIpc) is 2.89. The van der Waals surface area contributed by atoms with E-state index in [1.807, 2.05) is 6.92 Å². The molecular weight excluding hydrogens is 434 g/mol. The average molecular weight is 466 g/mol. The largest absolute Gasteiger partial charge is 0.493 e. The second kappa shape index (κ2) is 9.17. The molecule has 8 nitrogen and oxygen atoms in total. The molecule has 4 amide bonds. The summed E-state index contributed by atoms with van der Waals surface area (Å²) < 4.78 is 10.8. The van der Waals surface area contributed by atoms with Gasteiger partial charge in [0.15, 0.2) is 11.5 Å². The van der Waals surface area contributed by atoms with E-state index in [1.54, 1.807) is 12.1 Å². The molecule has 2 atom stereocenters. The zero-order valence-electron chi connectivity index (χ0n) is 19.3. The maximum Gasteiger partial charge on any atom is 0.325 e. The Balaban J connectivity index is 1.65. The van der Waals surface area contributed by atoms with Gasteiger partial charge in [-0.1, -0.05) is 32.4 Å². The number of rotatable bonds is 7. The quantitative estimate of drug-likeness (QED) is 0.601. The standard InChI is InChI=1S/C23H32ClN3O5/c1-6-32-19-16(24)7-15(8-17(19)31-5)11-25-18(28)12-27-20(29)23(26-21(27)30)10-14(2)9-22(3,4)13-23/h7-8,14H,6,9-13H2,1-5H3,(H,25,28)(H,26,30). The van der Waals surface area contributed by atoms with Crippen LogP contribution in [-0.2, 0) is 16.1 Å². The lowest BCUT2D eigenvalue weighted by molar-refractivity contribution is -0.137. The van der Waals surface area contributed by atoms with Gasteiger partial charge in [-0.05, 0) is 55.2 Å². The van der Waals surface area contributed by atoms with Crippen molar-refractivity contribution in [3.8, 4) is 11.5 Å². The highest BCUT2D eigenvalue weighted by Crippen LogP contribution is 2.46. The van der Waals surface area contributed by atoms with Crippen LogP contribution in [0.5, 0.6) is 11.5 Å². The molecule has 1 heterocycles. The molecule has 1 saturated carbocycles. The summed E-state index contributed by atoms with van der Waals surface area (Å²) >= 11 is 6.28. The second-order valence-corrected chi connectivity index (χ2v) is 9.98. The predicted octanol–water partition coefficient (Wildman–Crippen LogP) is 3.50. The molecule has 1 aromatic carbocycles. The first-order valence-electron chi connectivity index (χ1n) is 10.9. The smallest absolute Gasteiger partial charge is 0.325 e. The fraction of sp³-hybridized carbons (Fsp3) is 0.609. The Bertz CT molecular complexity index is 919. The third-order valence-corrected chi connectivity index (χ3v) is 6.27. The first kappa shape index (κ1) is 24.2. The number of halogens is 1. The Kier molecular flexibility index (Phi) is 6.93. The summed E-state index contributed by atoms with van der Waals surface area (Å²) in [7, 11) is 1.51. The fourth-order valence-electron chi connectivity index (χ4n) is 5.21. The number of urea groups is 1. The molecule has 0 radical (unpaired) electrons. The Morgan fingerprint density at radius 3 is 2.66 bits per heavy atom. The van der Waals surface area contributed by atoms with Crippen molar-refractivity contribution in [2.45, 2.75) is 59.0 Å². The molecule has 2 fully saturated rings. The van der Waals surface area contributed by atoms with E-state index in [2.05, 4.69) is 31.4 Å². The molecule has 2 aliphatic rings. The summed E-state index contributed by atoms with van der Waals surface area (Å²) in [5.41, 5.74) is -0.278. The van der Waals surface area contributed by atoms with Crippen LogP contribution in [-0.4, -0.2) is 48.5 Å². The zero-order valence-corrected chi connectivity index (χ0v) is 20.1. The van der Waals surface area contributed by atoms with Crippen LogP contribution in [0.4, 0.5) is 4.79 Å². The molecule has 0 aromatic heterocycles. The number of hydrogen-bond acceptors (Lipinski definition) is 5. The molecule has 1 spiro atoms. The SMILES string of the molecule is CCOc1c(Cl)cc(CNC(=O)CN2C(=O)NC3(CC(C)CC(C)(C)C3)C2=O)cc1OC. The van der Waals surface area contributed by atoms with Crippen LogP contribution >= 0.6 is 11.6 Å². The Morgan fingerprint density at radius 1 is 1.31 bits per heavy atom. The topological polar surface area (TPSA) is 97.0 Å². The highest BCUT2D eigenvalue weighted by molar-refractivity contribution is 6.32.